The summed E-state index contributed by atoms with van der Waals surface area (Å²) in [5.74, 6) is -5.03. The summed E-state index contributed by atoms with van der Waals surface area (Å²) in [7, 11) is 0. The minimum Gasteiger partial charge on any atom is -0.319 e. The molecule has 1 nitrogen and oxygen atoms in total. The topological polar surface area (TPSA) is 26.0 Å². The van der Waals surface area contributed by atoms with Crippen molar-refractivity contribution in [1.29, 1.82) is 0 Å². The maximum Gasteiger partial charge on any atom is 0.455 e. The van der Waals surface area contributed by atoms with Crippen molar-refractivity contribution in [3.8, 4) is 0 Å². The molecule has 0 amide bonds. The van der Waals surface area contributed by atoms with Crippen LogP contribution in [0.4, 0.5) is 22.0 Å². The highest BCUT2D eigenvalue weighted by Gasteiger charge is 2.62. The van der Waals surface area contributed by atoms with E-state index < -0.39 is 23.7 Å². The lowest BCUT2D eigenvalue weighted by atomic mass is 9.96. The van der Waals surface area contributed by atoms with Crippen molar-refractivity contribution in [2.75, 3.05) is 0 Å². The van der Waals surface area contributed by atoms with Gasteiger partial charge in [0.1, 0.15) is 6.04 Å². The second-order valence-corrected chi connectivity index (χ2v) is 3.98. The third-order valence-electron chi connectivity index (χ3n) is 2.35. The van der Waals surface area contributed by atoms with Crippen LogP contribution in [-0.4, -0.2) is 12.1 Å². The molecule has 0 aliphatic heterocycles. The minimum atomic E-state index is -5.71. The van der Waals surface area contributed by atoms with Crippen molar-refractivity contribution in [3.63, 3.8) is 0 Å². The second-order valence-electron chi connectivity index (χ2n) is 3.57. The molecule has 0 radical (unpaired) electrons. The molecule has 104 valence electrons. The molecule has 0 aliphatic rings. The van der Waals surface area contributed by atoms with E-state index in [-0.39, 0.29) is 23.0 Å². The van der Waals surface area contributed by atoms with Gasteiger partial charge in [0.25, 0.3) is 0 Å². The third-order valence-corrected chi connectivity index (χ3v) is 2.68. The first-order chi connectivity index (χ1) is 7.59. The van der Waals surface area contributed by atoms with Crippen LogP contribution in [0.25, 0.3) is 0 Å². The molecule has 1 rings (SSSR count). The van der Waals surface area contributed by atoms with E-state index in [4.69, 9.17) is 17.3 Å². The highest BCUT2D eigenvalue weighted by atomic mass is 35.5. The van der Waals surface area contributed by atoms with Crippen molar-refractivity contribution in [2.45, 2.75) is 25.1 Å². The van der Waals surface area contributed by atoms with Crippen LogP contribution in [0.3, 0.4) is 0 Å². The van der Waals surface area contributed by atoms with Gasteiger partial charge in [-0.2, -0.15) is 22.0 Å². The van der Waals surface area contributed by atoms with Crippen LogP contribution < -0.4 is 5.73 Å². The van der Waals surface area contributed by atoms with Gasteiger partial charge in [-0.15, -0.1) is 12.4 Å². The van der Waals surface area contributed by atoms with Crippen LogP contribution in [0.5, 0.6) is 0 Å². The van der Waals surface area contributed by atoms with Gasteiger partial charge in [0.15, 0.2) is 0 Å². The smallest absolute Gasteiger partial charge is 0.319 e. The average Bonchev–Trinajstić information content (AvgIpc) is 2.15. The van der Waals surface area contributed by atoms with Crippen molar-refractivity contribution in [3.05, 3.63) is 34.3 Å². The zero-order valence-corrected chi connectivity index (χ0v) is 10.6. The Balaban J connectivity index is 0.00000289. The number of rotatable bonds is 2. The molecule has 2 N–H and O–H groups in total. The summed E-state index contributed by atoms with van der Waals surface area (Å²) in [5, 5.41) is -0.207. The SMILES string of the molecule is Cc1cccc(Cl)c1[C@H](N)C(F)(F)C(F)(F)F.Cl. The third kappa shape index (κ3) is 3.05. The Morgan fingerprint density at radius 2 is 1.67 bits per heavy atom. The van der Waals surface area contributed by atoms with E-state index in [1.807, 2.05) is 0 Å². The molecule has 0 bridgehead atoms. The zero-order chi connectivity index (χ0) is 13.4. The van der Waals surface area contributed by atoms with E-state index in [9.17, 15) is 22.0 Å². The molecule has 1 aromatic rings. The molecule has 0 aliphatic carbocycles. The summed E-state index contributed by atoms with van der Waals surface area (Å²) < 4.78 is 62.6. The normalized spacial score (nSPS) is 14.0. The lowest BCUT2D eigenvalue weighted by Crippen LogP contribution is -2.46. The summed E-state index contributed by atoms with van der Waals surface area (Å²) in [6.07, 6.45) is -5.71. The fraction of sp³-hybridized carbons (Fsp3) is 0.400. The summed E-state index contributed by atoms with van der Waals surface area (Å²) in [4.78, 5) is 0. The van der Waals surface area contributed by atoms with E-state index in [2.05, 4.69) is 0 Å². The Hall–Kier alpha value is -0.590. The fourth-order valence-corrected chi connectivity index (χ4v) is 1.74. The molecule has 1 aromatic carbocycles. The number of benzene rings is 1. The van der Waals surface area contributed by atoms with E-state index in [0.717, 1.165) is 0 Å². The molecule has 0 spiro atoms. The van der Waals surface area contributed by atoms with Crippen molar-refractivity contribution in [1.82, 2.24) is 0 Å². The molecule has 0 unspecified atom stereocenters. The molecule has 1 atom stereocenters. The number of nitrogens with two attached hydrogens (primary N) is 1. The van der Waals surface area contributed by atoms with Gasteiger partial charge >= 0.3 is 12.1 Å². The molecule has 18 heavy (non-hydrogen) atoms. The lowest BCUT2D eigenvalue weighted by Gasteiger charge is -2.27. The number of halogens is 7. The minimum absolute atomic E-state index is 0. The van der Waals surface area contributed by atoms with Gasteiger partial charge < -0.3 is 5.73 Å². The van der Waals surface area contributed by atoms with Crippen LogP contribution in [-0.2, 0) is 0 Å². The summed E-state index contributed by atoms with van der Waals surface area (Å²) in [6, 6.07) is 1.51. The predicted molar refractivity (Wildman–Crippen MR) is 61.4 cm³/mol. The standard InChI is InChI=1S/C10H9ClF5N.ClH/c1-5-3-2-4-6(11)7(5)8(17)9(12,13)10(14,15)16;/h2-4,8H,17H2,1H3;1H/t8-;/m0./s1. The van der Waals surface area contributed by atoms with Crippen LogP contribution >= 0.6 is 24.0 Å². The van der Waals surface area contributed by atoms with Gasteiger partial charge in [0, 0.05) is 5.02 Å². The molecule has 0 saturated carbocycles. The molecule has 8 heteroatoms. The van der Waals surface area contributed by atoms with Crippen LogP contribution in [0.1, 0.15) is 17.2 Å². The Morgan fingerprint density at radius 3 is 2.06 bits per heavy atom. The monoisotopic (exact) mass is 309 g/mol. The molecule has 0 fully saturated rings. The second kappa shape index (κ2) is 5.59. The van der Waals surface area contributed by atoms with Crippen LogP contribution in [0, 0.1) is 6.92 Å². The Kier molecular flexibility index (Phi) is 5.40. The van der Waals surface area contributed by atoms with Gasteiger partial charge in [0.2, 0.25) is 0 Å². The molecule has 0 heterocycles. The van der Waals surface area contributed by atoms with E-state index in [0.29, 0.717) is 0 Å². The first-order valence-electron chi connectivity index (χ1n) is 4.54. The maximum atomic E-state index is 13.1. The van der Waals surface area contributed by atoms with Crippen LogP contribution in [0.15, 0.2) is 18.2 Å². The maximum absolute atomic E-state index is 13.1. The molecule has 0 aromatic heterocycles. The van der Waals surface area contributed by atoms with E-state index in [1.54, 1.807) is 0 Å². The molecular weight excluding hydrogens is 300 g/mol. The number of hydrogen-bond donors (Lipinski definition) is 1. The Morgan fingerprint density at radius 1 is 1.17 bits per heavy atom. The zero-order valence-electron chi connectivity index (χ0n) is 9.06. The number of aryl methyl sites for hydroxylation is 1. The Labute approximate surface area is 112 Å². The summed E-state index contributed by atoms with van der Waals surface area (Å²) in [6.45, 7) is 1.37. The first-order valence-corrected chi connectivity index (χ1v) is 4.92. The lowest BCUT2D eigenvalue weighted by molar-refractivity contribution is -0.291. The van der Waals surface area contributed by atoms with Gasteiger partial charge in [0.05, 0.1) is 0 Å². The Bertz CT molecular complexity index is 399. The van der Waals surface area contributed by atoms with Gasteiger partial charge in [-0.25, -0.2) is 0 Å². The highest BCUT2D eigenvalue weighted by molar-refractivity contribution is 6.31. The van der Waals surface area contributed by atoms with Crippen molar-refractivity contribution in [2.24, 2.45) is 5.73 Å². The quantitative estimate of drug-likeness (QED) is 0.811. The predicted octanol–water partition coefficient (Wildman–Crippen LogP) is 4.27. The summed E-state index contributed by atoms with van der Waals surface area (Å²) >= 11 is 5.60. The van der Waals surface area contributed by atoms with Gasteiger partial charge in [-0.3, -0.25) is 0 Å². The largest absolute Gasteiger partial charge is 0.455 e. The van der Waals surface area contributed by atoms with Crippen molar-refractivity contribution >= 4 is 24.0 Å². The van der Waals surface area contributed by atoms with E-state index in [1.165, 1.54) is 25.1 Å². The first kappa shape index (κ1) is 17.4. The van der Waals surface area contributed by atoms with Crippen LogP contribution in [0.2, 0.25) is 5.02 Å². The molecule has 0 saturated heterocycles. The average molecular weight is 310 g/mol. The summed E-state index contributed by atoms with van der Waals surface area (Å²) in [5.41, 5.74) is 4.80. The van der Waals surface area contributed by atoms with Gasteiger partial charge in [-0.1, -0.05) is 23.7 Å². The fourth-order valence-electron chi connectivity index (χ4n) is 1.40. The number of hydrogen-bond acceptors (Lipinski definition) is 1. The highest BCUT2D eigenvalue weighted by Crippen LogP contribution is 2.45. The van der Waals surface area contributed by atoms with Crippen molar-refractivity contribution < 1.29 is 22.0 Å². The number of alkyl halides is 5. The van der Waals surface area contributed by atoms with E-state index >= 15 is 0 Å². The molecular formula is C10H10Cl2F5N. The van der Waals surface area contributed by atoms with Gasteiger partial charge in [-0.05, 0) is 24.1 Å².